The number of rotatable bonds is 7. The number of ether oxygens (including phenoxy) is 1. The lowest BCUT2D eigenvalue weighted by Gasteiger charge is -2.14. The van der Waals surface area contributed by atoms with Crippen LogP contribution in [0.3, 0.4) is 0 Å². The summed E-state index contributed by atoms with van der Waals surface area (Å²) in [7, 11) is -0.541. The molecule has 0 heterocycles. The summed E-state index contributed by atoms with van der Waals surface area (Å²) in [6.07, 6.45) is 0. The van der Waals surface area contributed by atoms with Crippen molar-refractivity contribution >= 4 is 21.6 Å². The Kier molecular flexibility index (Phi) is 6.62. The fraction of sp³-hybridized carbons (Fsp3) is 0.350. The summed E-state index contributed by atoms with van der Waals surface area (Å²) in [6.45, 7) is 5.80. The first kappa shape index (κ1) is 20.9. The maximum Gasteiger partial charge on any atom is 0.262 e. The van der Waals surface area contributed by atoms with E-state index in [4.69, 9.17) is 4.74 Å². The fourth-order valence-corrected chi connectivity index (χ4v) is 3.43. The summed E-state index contributed by atoms with van der Waals surface area (Å²) >= 11 is 0. The van der Waals surface area contributed by atoms with Gasteiger partial charge in [-0.3, -0.25) is 4.79 Å². The van der Waals surface area contributed by atoms with Gasteiger partial charge in [0.15, 0.2) is 6.61 Å². The third-order valence-electron chi connectivity index (χ3n) is 4.14. The summed E-state index contributed by atoms with van der Waals surface area (Å²) in [5.74, 6) is 0.620. The zero-order valence-electron chi connectivity index (χ0n) is 16.3. The number of amides is 1. The Bertz CT molecular complexity index is 904. The van der Waals surface area contributed by atoms with Crippen molar-refractivity contribution in [1.29, 1.82) is 0 Å². The predicted molar refractivity (Wildman–Crippen MR) is 107 cm³/mol. The summed E-state index contributed by atoms with van der Waals surface area (Å²) in [5, 5.41) is 2.78. The standard InChI is InChI=1S/C20H26N2O4S/c1-14(2)16-6-8-17(9-7-16)21-20(23)13-26-19-11-10-18(12-15(19)3)27(24,25)22(4)5/h6-12,14H,13H2,1-5H3,(H,21,23). The van der Waals surface area contributed by atoms with Gasteiger partial charge >= 0.3 is 0 Å². The third kappa shape index (κ3) is 5.30. The van der Waals surface area contributed by atoms with E-state index in [1.165, 1.54) is 31.8 Å². The van der Waals surface area contributed by atoms with Gasteiger partial charge in [-0.05, 0) is 54.3 Å². The average molecular weight is 391 g/mol. The molecule has 7 heteroatoms. The first-order valence-corrected chi connectivity index (χ1v) is 10.1. The van der Waals surface area contributed by atoms with Crippen LogP contribution >= 0.6 is 0 Å². The summed E-state index contributed by atoms with van der Waals surface area (Å²) in [5.41, 5.74) is 2.55. The maximum atomic E-state index is 12.2. The molecule has 0 aliphatic heterocycles. The van der Waals surface area contributed by atoms with Gasteiger partial charge in [0, 0.05) is 19.8 Å². The minimum Gasteiger partial charge on any atom is -0.483 e. The summed E-state index contributed by atoms with van der Waals surface area (Å²) < 4.78 is 31.0. The quantitative estimate of drug-likeness (QED) is 0.786. The minimum atomic E-state index is -3.50. The van der Waals surface area contributed by atoms with E-state index >= 15 is 0 Å². The number of aryl methyl sites for hydroxylation is 1. The normalized spacial score (nSPS) is 11.7. The molecule has 2 aromatic rings. The lowest BCUT2D eigenvalue weighted by atomic mass is 10.0. The molecule has 0 aliphatic carbocycles. The Balaban J connectivity index is 1.99. The van der Waals surface area contributed by atoms with Crippen molar-refractivity contribution in [3.05, 3.63) is 53.6 Å². The molecule has 0 fully saturated rings. The van der Waals surface area contributed by atoms with Crippen molar-refractivity contribution in [1.82, 2.24) is 4.31 Å². The van der Waals surface area contributed by atoms with Crippen molar-refractivity contribution in [2.75, 3.05) is 26.0 Å². The highest BCUT2D eigenvalue weighted by atomic mass is 32.2. The largest absolute Gasteiger partial charge is 0.483 e. The summed E-state index contributed by atoms with van der Waals surface area (Å²) in [6, 6.07) is 12.3. The van der Waals surface area contributed by atoms with Crippen LogP contribution in [-0.2, 0) is 14.8 Å². The zero-order valence-corrected chi connectivity index (χ0v) is 17.1. The fourth-order valence-electron chi connectivity index (χ4n) is 2.45. The van der Waals surface area contributed by atoms with E-state index in [9.17, 15) is 13.2 Å². The monoisotopic (exact) mass is 390 g/mol. The van der Waals surface area contributed by atoms with Crippen molar-refractivity contribution < 1.29 is 17.9 Å². The van der Waals surface area contributed by atoms with Gasteiger partial charge in [-0.1, -0.05) is 26.0 Å². The van der Waals surface area contributed by atoms with Gasteiger partial charge in [0.2, 0.25) is 10.0 Å². The maximum absolute atomic E-state index is 12.2. The molecule has 0 unspecified atom stereocenters. The van der Waals surface area contributed by atoms with Crippen molar-refractivity contribution in [2.24, 2.45) is 0 Å². The van der Waals surface area contributed by atoms with Crippen molar-refractivity contribution in [2.45, 2.75) is 31.6 Å². The molecule has 2 aromatic carbocycles. The van der Waals surface area contributed by atoms with Crippen LogP contribution in [0.5, 0.6) is 5.75 Å². The predicted octanol–water partition coefficient (Wildman–Crippen LogP) is 3.39. The van der Waals surface area contributed by atoms with Gasteiger partial charge in [0.25, 0.3) is 5.91 Å². The van der Waals surface area contributed by atoms with E-state index < -0.39 is 10.0 Å². The van der Waals surface area contributed by atoms with Crippen LogP contribution in [0.15, 0.2) is 47.4 Å². The molecule has 2 rings (SSSR count). The van der Waals surface area contributed by atoms with E-state index in [-0.39, 0.29) is 17.4 Å². The molecule has 146 valence electrons. The molecule has 0 atom stereocenters. The lowest BCUT2D eigenvalue weighted by Crippen LogP contribution is -2.22. The number of benzene rings is 2. The number of carbonyl (C=O) groups is 1. The van der Waals surface area contributed by atoms with Gasteiger partial charge in [-0.25, -0.2) is 12.7 Å². The number of hydrogen-bond donors (Lipinski definition) is 1. The SMILES string of the molecule is Cc1cc(S(=O)(=O)N(C)C)ccc1OCC(=O)Nc1ccc(C(C)C)cc1. The highest BCUT2D eigenvalue weighted by Gasteiger charge is 2.18. The Morgan fingerprint density at radius 3 is 2.26 bits per heavy atom. The molecule has 27 heavy (non-hydrogen) atoms. The molecular weight excluding hydrogens is 364 g/mol. The van der Waals surface area contributed by atoms with Crippen LogP contribution in [-0.4, -0.2) is 39.3 Å². The van der Waals surface area contributed by atoms with Gasteiger partial charge in [0.05, 0.1) is 4.90 Å². The molecule has 0 bridgehead atoms. The number of carbonyl (C=O) groups excluding carboxylic acids is 1. The highest BCUT2D eigenvalue weighted by molar-refractivity contribution is 7.89. The van der Waals surface area contributed by atoms with Crippen LogP contribution in [0.4, 0.5) is 5.69 Å². The van der Waals surface area contributed by atoms with E-state index in [1.54, 1.807) is 13.0 Å². The van der Waals surface area contributed by atoms with Crippen LogP contribution in [0.25, 0.3) is 0 Å². The van der Waals surface area contributed by atoms with Gasteiger partial charge < -0.3 is 10.1 Å². The Hall–Kier alpha value is -2.38. The number of sulfonamides is 1. The van der Waals surface area contributed by atoms with E-state index in [0.29, 0.717) is 22.9 Å². The van der Waals surface area contributed by atoms with Crippen LogP contribution in [0.1, 0.15) is 30.9 Å². The lowest BCUT2D eigenvalue weighted by molar-refractivity contribution is -0.118. The number of nitrogens with zero attached hydrogens (tertiary/aromatic N) is 1. The van der Waals surface area contributed by atoms with Gasteiger partial charge in [-0.15, -0.1) is 0 Å². The van der Waals surface area contributed by atoms with E-state index in [0.717, 1.165) is 4.31 Å². The van der Waals surface area contributed by atoms with Gasteiger partial charge in [-0.2, -0.15) is 0 Å². The molecule has 0 aromatic heterocycles. The molecular formula is C20H26N2O4S. The van der Waals surface area contributed by atoms with E-state index in [1.807, 2.05) is 24.3 Å². The topological polar surface area (TPSA) is 75.7 Å². The molecule has 0 saturated carbocycles. The Labute approximate surface area is 161 Å². The highest BCUT2D eigenvalue weighted by Crippen LogP contribution is 2.23. The number of anilines is 1. The molecule has 0 radical (unpaired) electrons. The first-order valence-electron chi connectivity index (χ1n) is 8.67. The molecule has 6 nitrogen and oxygen atoms in total. The first-order chi connectivity index (χ1) is 12.6. The van der Waals surface area contributed by atoms with Crippen LogP contribution in [0.2, 0.25) is 0 Å². The Morgan fingerprint density at radius 2 is 1.74 bits per heavy atom. The van der Waals surface area contributed by atoms with Crippen LogP contribution < -0.4 is 10.1 Å². The third-order valence-corrected chi connectivity index (χ3v) is 5.96. The Morgan fingerprint density at radius 1 is 1.11 bits per heavy atom. The second kappa shape index (κ2) is 8.54. The number of hydrogen-bond acceptors (Lipinski definition) is 4. The molecule has 0 aliphatic rings. The van der Waals surface area contributed by atoms with Crippen molar-refractivity contribution in [3.63, 3.8) is 0 Å². The van der Waals surface area contributed by atoms with E-state index in [2.05, 4.69) is 19.2 Å². The smallest absolute Gasteiger partial charge is 0.262 e. The molecule has 0 saturated heterocycles. The number of nitrogens with one attached hydrogen (secondary N) is 1. The molecule has 1 amide bonds. The molecule has 0 spiro atoms. The minimum absolute atomic E-state index is 0.160. The van der Waals surface area contributed by atoms with Crippen molar-refractivity contribution in [3.8, 4) is 5.75 Å². The average Bonchev–Trinajstić information content (AvgIpc) is 2.60. The van der Waals surface area contributed by atoms with Gasteiger partial charge in [0.1, 0.15) is 5.75 Å². The zero-order chi connectivity index (χ0) is 20.2. The second-order valence-corrected chi connectivity index (χ2v) is 8.98. The second-order valence-electron chi connectivity index (χ2n) is 6.83. The molecule has 1 N–H and O–H groups in total. The summed E-state index contributed by atoms with van der Waals surface area (Å²) in [4.78, 5) is 12.3. The van der Waals surface area contributed by atoms with Crippen LogP contribution in [0, 0.1) is 6.92 Å².